The molecular weight excluding hydrogens is 209 g/mol. The van der Waals surface area contributed by atoms with E-state index in [1.54, 1.807) is 18.1 Å². The lowest BCUT2D eigenvalue weighted by molar-refractivity contribution is -0.128. The van der Waals surface area contributed by atoms with Crippen molar-refractivity contribution >= 4 is 5.91 Å². The van der Waals surface area contributed by atoms with E-state index >= 15 is 0 Å². The SMILES string of the molecule is COc1ccc(F)cc1CN1CCCC1=O. The summed E-state index contributed by atoms with van der Waals surface area (Å²) >= 11 is 0. The van der Waals surface area contributed by atoms with Crippen LogP contribution in [0.2, 0.25) is 0 Å². The number of carbonyl (C=O) groups is 1. The van der Waals surface area contributed by atoms with Crippen molar-refractivity contribution in [2.75, 3.05) is 13.7 Å². The first-order valence-electron chi connectivity index (χ1n) is 5.31. The maximum Gasteiger partial charge on any atom is 0.222 e. The van der Waals surface area contributed by atoms with Gasteiger partial charge in [-0.1, -0.05) is 0 Å². The first-order valence-corrected chi connectivity index (χ1v) is 5.31. The highest BCUT2D eigenvalue weighted by atomic mass is 19.1. The molecule has 4 heteroatoms. The number of hydrogen-bond donors (Lipinski definition) is 0. The van der Waals surface area contributed by atoms with Crippen molar-refractivity contribution in [1.82, 2.24) is 4.90 Å². The maximum absolute atomic E-state index is 13.1. The first-order chi connectivity index (χ1) is 7.70. The second kappa shape index (κ2) is 4.51. The molecule has 0 bridgehead atoms. The molecule has 1 aliphatic rings. The van der Waals surface area contributed by atoms with E-state index in [0.717, 1.165) is 18.5 Å². The number of benzene rings is 1. The Balaban J connectivity index is 2.19. The average molecular weight is 223 g/mol. The lowest BCUT2D eigenvalue weighted by Gasteiger charge is -2.17. The van der Waals surface area contributed by atoms with Crippen molar-refractivity contribution in [3.8, 4) is 5.75 Å². The van der Waals surface area contributed by atoms with Crippen LogP contribution in [-0.2, 0) is 11.3 Å². The van der Waals surface area contributed by atoms with Gasteiger partial charge in [0.15, 0.2) is 0 Å². The summed E-state index contributed by atoms with van der Waals surface area (Å²) in [6.07, 6.45) is 1.48. The Morgan fingerprint density at radius 1 is 1.50 bits per heavy atom. The van der Waals surface area contributed by atoms with Crippen molar-refractivity contribution in [1.29, 1.82) is 0 Å². The number of likely N-dealkylation sites (tertiary alicyclic amines) is 1. The summed E-state index contributed by atoms with van der Waals surface area (Å²) in [5.74, 6) is 0.454. The lowest BCUT2D eigenvalue weighted by atomic mass is 10.2. The van der Waals surface area contributed by atoms with E-state index in [4.69, 9.17) is 4.74 Å². The quantitative estimate of drug-likeness (QED) is 0.784. The third-order valence-corrected chi connectivity index (χ3v) is 2.78. The number of amides is 1. The predicted molar refractivity (Wildman–Crippen MR) is 57.6 cm³/mol. The Kier molecular flexibility index (Phi) is 3.08. The smallest absolute Gasteiger partial charge is 0.222 e. The predicted octanol–water partition coefficient (Wildman–Crippen LogP) is 1.96. The number of hydrogen-bond acceptors (Lipinski definition) is 2. The standard InChI is InChI=1S/C12H14FNO2/c1-16-11-5-4-10(13)7-9(11)8-14-6-2-3-12(14)15/h4-5,7H,2-3,6,8H2,1H3. The zero-order valence-electron chi connectivity index (χ0n) is 9.20. The fourth-order valence-corrected chi connectivity index (χ4v) is 1.95. The van der Waals surface area contributed by atoms with Gasteiger partial charge in [0.2, 0.25) is 5.91 Å². The minimum absolute atomic E-state index is 0.131. The molecule has 1 fully saturated rings. The zero-order valence-corrected chi connectivity index (χ0v) is 9.20. The summed E-state index contributed by atoms with van der Waals surface area (Å²) in [6.45, 7) is 1.18. The van der Waals surface area contributed by atoms with Gasteiger partial charge in [-0.25, -0.2) is 4.39 Å². The molecular formula is C12H14FNO2. The van der Waals surface area contributed by atoms with Crippen LogP contribution in [0.5, 0.6) is 5.75 Å². The zero-order chi connectivity index (χ0) is 11.5. The molecule has 1 aromatic carbocycles. The topological polar surface area (TPSA) is 29.5 Å². The Bertz CT molecular complexity index is 406. The summed E-state index contributed by atoms with van der Waals surface area (Å²) in [4.78, 5) is 13.2. The van der Waals surface area contributed by atoms with E-state index < -0.39 is 0 Å². The average Bonchev–Trinajstić information content (AvgIpc) is 2.65. The molecule has 0 spiro atoms. The van der Waals surface area contributed by atoms with Gasteiger partial charge < -0.3 is 9.64 Å². The first kappa shape index (κ1) is 10.9. The van der Waals surface area contributed by atoms with Crippen molar-refractivity contribution < 1.29 is 13.9 Å². The van der Waals surface area contributed by atoms with Gasteiger partial charge in [0.05, 0.1) is 7.11 Å². The van der Waals surface area contributed by atoms with Gasteiger partial charge in [0.25, 0.3) is 0 Å². The van der Waals surface area contributed by atoms with Gasteiger partial charge >= 0.3 is 0 Å². The van der Waals surface area contributed by atoms with Crippen molar-refractivity contribution in [2.45, 2.75) is 19.4 Å². The van der Waals surface area contributed by atoms with Crippen LogP contribution in [0.25, 0.3) is 0 Å². The summed E-state index contributed by atoms with van der Waals surface area (Å²) in [6, 6.07) is 4.36. The normalized spacial score (nSPS) is 15.6. The van der Waals surface area contributed by atoms with Crippen LogP contribution in [0.15, 0.2) is 18.2 Å². The molecule has 86 valence electrons. The summed E-state index contributed by atoms with van der Waals surface area (Å²) < 4.78 is 18.2. The molecule has 3 nitrogen and oxygen atoms in total. The minimum atomic E-state index is -0.303. The third-order valence-electron chi connectivity index (χ3n) is 2.78. The molecule has 1 amide bonds. The molecule has 1 saturated heterocycles. The molecule has 1 heterocycles. The van der Waals surface area contributed by atoms with E-state index in [1.165, 1.54) is 12.1 Å². The molecule has 0 unspecified atom stereocenters. The molecule has 16 heavy (non-hydrogen) atoms. The van der Waals surface area contributed by atoms with Crippen LogP contribution in [0.3, 0.4) is 0 Å². The summed E-state index contributed by atoms with van der Waals surface area (Å²) in [5.41, 5.74) is 0.720. The lowest BCUT2D eigenvalue weighted by Crippen LogP contribution is -2.24. The second-order valence-electron chi connectivity index (χ2n) is 3.88. The van der Waals surface area contributed by atoms with Gasteiger partial charge in [-0.3, -0.25) is 4.79 Å². The minimum Gasteiger partial charge on any atom is -0.496 e. The van der Waals surface area contributed by atoms with Crippen molar-refractivity contribution in [3.63, 3.8) is 0 Å². The van der Waals surface area contributed by atoms with Gasteiger partial charge in [0, 0.05) is 25.1 Å². The second-order valence-corrected chi connectivity index (χ2v) is 3.88. The largest absolute Gasteiger partial charge is 0.496 e. The van der Waals surface area contributed by atoms with Crippen LogP contribution < -0.4 is 4.74 Å². The molecule has 1 aromatic rings. The van der Waals surface area contributed by atoms with Crippen LogP contribution in [0.1, 0.15) is 18.4 Å². The molecule has 0 saturated carbocycles. The highest BCUT2D eigenvalue weighted by Crippen LogP contribution is 2.23. The van der Waals surface area contributed by atoms with Gasteiger partial charge in [0.1, 0.15) is 11.6 Å². The Morgan fingerprint density at radius 3 is 2.94 bits per heavy atom. The van der Waals surface area contributed by atoms with Crippen molar-refractivity contribution in [3.05, 3.63) is 29.6 Å². The number of ether oxygens (including phenoxy) is 1. The Hall–Kier alpha value is -1.58. The van der Waals surface area contributed by atoms with E-state index in [1.807, 2.05) is 0 Å². The maximum atomic E-state index is 13.1. The highest BCUT2D eigenvalue weighted by molar-refractivity contribution is 5.78. The number of nitrogens with zero attached hydrogens (tertiary/aromatic N) is 1. The molecule has 0 aliphatic carbocycles. The third kappa shape index (κ3) is 2.15. The Morgan fingerprint density at radius 2 is 2.31 bits per heavy atom. The van der Waals surface area contributed by atoms with Gasteiger partial charge in [-0.2, -0.15) is 0 Å². The van der Waals surface area contributed by atoms with E-state index in [-0.39, 0.29) is 11.7 Å². The number of carbonyl (C=O) groups excluding carboxylic acids is 1. The van der Waals surface area contributed by atoms with Crippen LogP contribution >= 0.6 is 0 Å². The van der Waals surface area contributed by atoms with Crippen LogP contribution in [0, 0.1) is 5.82 Å². The van der Waals surface area contributed by atoms with Crippen LogP contribution in [0.4, 0.5) is 4.39 Å². The fourth-order valence-electron chi connectivity index (χ4n) is 1.95. The summed E-state index contributed by atoms with van der Waals surface area (Å²) in [5, 5.41) is 0. The monoisotopic (exact) mass is 223 g/mol. The van der Waals surface area contributed by atoms with E-state index in [9.17, 15) is 9.18 Å². The molecule has 1 aliphatic heterocycles. The Labute approximate surface area is 93.8 Å². The fraction of sp³-hybridized carbons (Fsp3) is 0.417. The molecule has 0 N–H and O–H groups in total. The molecule has 0 radical (unpaired) electrons. The van der Waals surface area contributed by atoms with Gasteiger partial charge in [-0.15, -0.1) is 0 Å². The van der Waals surface area contributed by atoms with Crippen LogP contribution in [-0.4, -0.2) is 24.5 Å². The summed E-state index contributed by atoms with van der Waals surface area (Å²) in [7, 11) is 1.54. The number of halogens is 1. The number of methoxy groups -OCH3 is 1. The molecule has 0 atom stereocenters. The van der Waals surface area contributed by atoms with E-state index in [0.29, 0.717) is 18.7 Å². The molecule has 0 aromatic heterocycles. The highest BCUT2D eigenvalue weighted by Gasteiger charge is 2.21. The van der Waals surface area contributed by atoms with Gasteiger partial charge in [-0.05, 0) is 24.6 Å². The van der Waals surface area contributed by atoms with E-state index in [2.05, 4.69) is 0 Å². The number of rotatable bonds is 3. The van der Waals surface area contributed by atoms with Crippen molar-refractivity contribution in [2.24, 2.45) is 0 Å². The molecule has 2 rings (SSSR count).